The van der Waals surface area contributed by atoms with Crippen molar-refractivity contribution in [2.45, 2.75) is 5.92 Å². The van der Waals surface area contributed by atoms with Gasteiger partial charge in [-0.1, -0.05) is 42.5 Å². The fourth-order valence-corrected chi connectivity index (χ4v) is 4.10. The largest absolute Gasteiger partial charge is 0.420 e. The second-order valence-electron chi connectivity index (χ2n) is 7.30. The van der Waals surface area contributed by atoms with Gasteiger partial charge in [-0.2, -0.15) is 5.26 Å². The zero-order valence-corrected chi connectivity index (χ0v) is 16.3. The Balaban J connectivity index is 1.59. The highest BCUT2D eigenvalue weighted by atomic mass is 16.5. The summed E-state index contributed by atoms with van der Waals surface area (Å²) in [5, 5.41) is 17.3. The van der Waals surface area contributed by atoms with Crippen LogP contribution >= 0.6 is 0 Å². The number of aromatic amines is 1. The monoisotopic (exact) mass is 399 g/mol. The van der Waals surface area contributed by atoms with Gasteiger partial charge in [0.1, 0.15) is 11.6 Å². The van der Waals surface area contributed by atoms with Crippen LogP contribution in [0.15, 0.2) is 66.1 Å². The molecule has 2 aliphatic rings. The minimum absolute atomic E-state index is 0.0957. The number of ether oxygens (including phenoxy) is 2. The first-order chi connectivity index (χ1) is 14.8. The number of allylic oxidation sites excluding steroid dienone is 1. The molecule has 5 rings (SSSR count). The summed E-state index contributed by atoms with van der Waals surface area (Å²) in [5.74, 6) is 0.150. The Hall–Kier alpha value is -3.76. The lowest BCUT2D eigenvalue weighted by Gasteiger charge is -2.29. The van der Waals surface area contributed by atoms with Gasteiger partial charge in [-0.25, -0.2) is 0 Å². The topological polar surface area (TPSA) is 100 Å². The van der Waals surface area contributed by atoms with Crippen molar-refractivity contribution >= 4 is 5.69 Å². The smallest absolute Gasteiger partial charge is 0.244 e. The number of nitrogens with zero attached hydrogens (tertiary/aromatic N) is 3. The van der Waals surface area contributed by atoms with Crippen LogP contribution in [0.1, 0.15) is 17.0 Å². The first-order valence-electron chi connectivity index (χ1n) is 9.90. The van der Waals surface area contributed by atoms with E-state index in [9.17, 15) is 5.26 Å². The Bertz CT molecular complexity index is 1120. The van der Waals surface area contributed by atoms with Gasteiger partial charge in [0.15, 0.2) is 0 Å². The number of nitrogens with two attached hydrogens (primary N) is 1. The van der Waals surface area contributed by atoms with Crippen molar-refractivity contribution in [3.8, 4) is 23.2 Å². The van der Waals surface area contributed by atoms with Gasteiger partial charge in [0.05, 0.1) is 30.4 Å². The maximum Gasteiger partial charge on any atom is 0.244 e. The number of fused-ring (bicyclic) bond motifs is 1. The summed E-state index contributed by atoms with van der Waals surface area (Å²) in [6, 6.07) is 20.4. The van der Waals surface area contributed by atoms with E-state index in [2.05, 4.69) is 45.4 Å². The highest BCUT2D eigenvalue weighted by Gasteiger charge is 2.35. The molecule has 0 saturated carbocycles. The Morgan fingerprint density at radius 3 is 2.50 bits per heavy atom. The van der Waals surface area contributed by atoms with Gasteiger partial charge in [0.25, 0.3) is 0 Å². The average Bonchev–Trinajstić information content (AvgIpc) is 3.23. The first kappa shape index (κ1) is 18.3. The molecular weight excluding hydrogens is 378 g/mol. The Morgan fingerprint density at radius 1 is 1.07 bits per heavy atom. The molecule has 1 aromatic heterocycles. The van der Waals surface area contributed by atoms with Crippen LogP contribution in [0.4, 0.5) is 5.69 Å². The highest BCUT2D eigenvalue weighted by molar-refractivity contribution is 5.71. The number of morpholine rings is 1. The molecule has 0 bridgehead atoms. The highest BCUT2D eigenvalue weighted by Crippen LogP contribution is 2.45. The van der Waals surface area contributed by atoms with E-state index in [-0.39, 0.29) is 11.8 Å². The van der Waals surface area contributed by atoms with Crippen molar-refractivity contribution < 1.29 is 9.47 Å². The van der Waals surface area contributed by atoms with Crippen LogP contribution in [0.5, 0.6) is 5.88 Å². The van der Waals surface area contributed by atoms with Crippen LogP contribution in [-0.2, 0) is 4.74 Å². The molecule has 3 N–H and O–H groups in total. The molecule has 0 radical (unpaired) electrons. The summed E-state index contributed by atoms with van der Waals surface area (Å²) in [6.45, 7) is 3.21. The van der Waals surface area contributed by atoms with E-state index in [1.54, 1.807) is 0 Å². The van der Waals surface area contributed by atoms with Crippen LogP contribution in [0.2, 0.25) is 0 Å². The normalized spacial score (nSPS) is 18.5. The second kappa shape index (κ2) is 7.58. The molecule has 0 spiro atoms. The lowest BCUT2D eigenvalue weighted by atomic mass is 9.83. The van der Waals surface area contributed by atoms with Crippen LogP contribution < -0.4 is 15.4 Å². The lowest BCUT2D eigenvalue weighted by Crippen LogP contribution is -2.36. The number of H-pyrrole nitrogens is 1. The zero-order chi connectivity index (χ0) is 20.5. The number of anilines is 1. The average molecular weight is 399 g/mol. The standard InChI is InChI=1S/C23H21N5O2/c24-14-18-19(15-6-8-17(9-7-15)28-10-12-29-13-11-28)20-21(16-4-2-1-3-5-16)26-27-23(20)30-22(18)25/h1-9,19H,10-13,25H2,(H,26,27)/t19-/m1/s1. The van der Waals surface area contributed by atoms with Gasteiger partial charge in [-0.05, 0) is 23.3 Å². The summed E-state index contributed by atoms with van der Waals surface area (Å²) in [4.78, 5) is 2.30. The Morgan fingerprint density at radius 2 is 1.80 bits per heavy atom. The summed E-state index contributed by atoms with van der Waals surface area (Å²) >= 11 is 0. The maximum atomic E-state index is 9.86. The molecule has 0 amide bonds. The van der Waals surface area contributed by atoms with Crippen LogP contribution in [0.25, 0.3) is 11.3 Å². The van der Waals surface area contributed by atoms with Crippen molar-refractivity contribution in [1.29, 1.82) is 5.26 Å². The summed E-state index contributed by atoms with van der Waals surface area (Å²) in [7, 11) is 0. The predicted molar refractivity (Wildman–Crippen MR) is 113 cm³/mol. The third-order valence-electron chi connectivity index (χ3n) is 5.60. The molecule has 1 saturated heterocycles. The van der Waals surface area contributed by atoms with E-state index < -0.39 is 0 Å². The molecule has 3 heterocycles. The third-order valence-corrected chi connectivity index (χ3v) is 5.60. The van der Waals surface area contributed by atoms with Crippen molar-refractivity contribution in [3.05, 3.63) is 77.2 Å². The van der Waals surface area contributed by atoms with Crippen LogP contribution in [-0.4, -0.2) is 36.5 Å². The van der Waals surface area contributed by atoms with Crippen molar-refractivity contribution in [2.75, 3.05) is 31.2 Å². The molecule has 3 aromatic rings. The quantitative estimate of drug-likeness (QED) is 0.702. The van der Waals surface area contributed by atoms with E-state index in [1.807, 2.05) is 30.3 Å². The van der Waals surface area contributed by atoms with Crippen molar-refractivity contribution in [1.82, 2.24) is 10.2 Å². The third kappa shape index (κ3) is 3.08. The van der Waals surface area contributed by atoms with Gasteiger partial charge in [0, 0.05) is 18.8 Å². The molecule has 2 aliphatic heterocycles. The molecule has 7 nitrogen and oxygen atoms in total. The number of hydrogen-bond donors (Lipinski definition) is 2. The minimum atomic E-state index is -0.355. The number of rotatable bonds is 3. The van der Waals surface area contributed by atoms with E-state index >= 15 is 0 Å². The van der Waals surface area contributed by atoms with E-state index in [0.717, 1.165) is 54.4 Å². The van der Waals surface area contributed by atoms with Crippen LogP contribution in [0, 0.1) is 11.3 Å². The molecule has 30 heavy (non-hydrogen) atoms. The van der Waals surface area contributed by atoms with Crippen LogP contribution in [0.3, 0.4) is 0 Å². The van der Waals surface area contributed by atoms with E-state index in [0.29, 0.717) is 11.5 Å². The number of aromatic nitrogens is 2. The summed E-state index contributed by atoms with van der Waals surface area (Å²) < 4.78 is 11.1. The van der Waals surface area contributed by atoms with Gasteiger partial charge in [-0.15, -0.1) is 5.10 Å². The number of hydrogen-bond acceptors (Lipinski definition) is 6. The number of nitriles is 1. The summed E-state index contributed by atoms with van der Waals surface area (Å²) in [5.41, 5.74) is 11.2. The van der Waals surface area contributed by atoms with Gasteiger partial charge in [0.2, 0.25) is 11.8 Å². The fourth-order valence-electron chi connectivity index (χ4n) is 4.10. The number of nitrogens with one attached hydrogen (secondary N) is 1. The SMILES string of the molecule is N#CC1=C(N)Oc2n[nH]c(-c3ccccc3)c2[C@@H]1c1ccc(N2CCOCC2)cc1. The van der Waals surface area contributed by atoms with Gasteiger partial charge >= 0.3 is 0 Å². The fraction of sp³-hybridized carbons (Fsp3) is 0.217. The molecule has 1 atom stereocenters. The van der Waals surface area contributed by atoms with E-state index in [4.69, 9.17) is 15.2 Å². The second-order valence-corrected chi connectivity index (χ2v) is 7.30. The molecule has 150 valence electrons. The zero-order valence-electron chi connectivity index (χ0n) is 16.3. The number of benzene rings is 2. The molecule has 1 fully saturated rings. The molecule has 0 aliphatic carbocycles. The van der Waals surface area contributed by atoms with Crippen molar-refractivity contribution in [3.63, 3.8) is 0 Å². The maximum absolute atomic E-state index is 9.86. The first-order valence-corrected chi connectivity index (χ1v) is 9.90. The molecule has 0 unspecified atom stereocenters. The van der Waals surface area contributed by atoms with Crippen molar-refractivity contribution in [2.24, 2.45) is 5.73 Å². The predicted octanol–water partition coefficient (Wildman–Crippen LogP) is 3.13. The lowest BCUT2D eigenvalue weighted by molar-refractivity contribution is 0.122. The Kier molecular flexibility index (Phi) is 4.62. The minimum Gasteiger partial charge on any atom is -0.420 e. The van der Waals surface area contributed by atoms with Gasteiger partial charge in [-0.3, -0.25) is 5.10 Å². The molecule has 7 heteroatoms. The molecular formula is C23H21N5O2. The van der Waals surface area contributed by atoms with Gasteiger partial charge < -0.3 is 20.1 Å². The molecule has 2 aromatic carbocycles. The Labute approximate surface area is 174 Å². The summed E-state index contributed by atoms with van der Waals surface area (Å²) in [6.07, 6.45) is 0. The van der Waals surface area contributed by atoms with E-state index in [1.165, 1.54) is 0 Å².